The number of hydrogen-bond donors (Lipinski definition) is 11. The highest BCUT2D eigenvalue weighted by Gasteiger charge is 2.30. The maximum absolute atomic E-state index is 14.3. The van der Waals surface area contributed by atoms with Crippen LogP contribution in [0.5, 0.6) is 11.5 Å². The van der Waals surface area contributed by atoms with Crippen LogP contribution in [0.25, 0.3) is 0 Å². The second-order valence-corrected chi connectivity index (χ2v) is 18.0. The number of nitrogens with one attached hydrogen (secondary N) is 7. The average Bonchev–Trinajstić information content (AvgIpc) is 3.41. The lowest BCUT2D eigenvalue weighted by Crippen LogP contribution is -2.57. The van der Waals surface area contributed by atoms with Gasteiger partial charge in [-0.15, -0.1) is 0 Å². The summed E-state index contributed by atoms with van der Waals surface area (Å²) in [5, 5.41) is 43.8. The molecule has 0 aromatic heterocycles. The zero-order chi connectivity index (χ0) is 54.2. The molecule has 0 aliphatic heterocycles. The highest BCUT2D eigenvalue weighted by Crippen LogP contribution is 2.18. The van der Waals surface area contributed by atoms with E-state index in [4.69, 9.17) is 19.8 Å². The standard InChI is InChI=1S/C54H69N7O13S/c62-47(25-27-49(64)65)58-45(33-37-17-21-41(22-18-37)73-35-39-11-3-1-4-12-39)52(69)55-29-9-7-16-44(53(70)60-43(15-8-10-30-57-72)51(68)56-31-32-75)61-54(71)46(59-48(63)26-28-50(66)67)34-38-19-23-42(24-20-38)74-36-40-13-5-2-6-14-40/h1-6,11-14,17-24,43-46,57,72,75H,7-10,15-16,25-36H2,(H,55,69)(H,56,68)(H,58,62)(H,59,63)(H,60,70)(H,61,71)(H,64,65)(H,66,67)/t43-,44-,45-,46-/m0/s1. The Bertz CT molecular complexity index is 2420. The van der Waals surface area contributed by atoms with Crippen LogP contribution in [-0.2, 0) is 64.4 Å². The summed E-state index contributed by atoms with van der Waals surface area (Å²) in [6.45, 7) is 1.18. The summed E-state index contributed by atoms with van der Waals surface area (Å²) in [6, 6.07) is 28.3. The Morgan fingerprint density at radius 2 is 0.840 bits per heavy atom. The van der Waals surface area contributed by atoms with Crippen molar-refractivity contribution in [3.63, 3.8) is 0 Å². The second kappa shape index (κ2) is 34.1. The first-order valence-corrected chi connectivity index (χ1v) is 25.5. The monoisotopic (exact) mass is 1060 g/mol. The minimum Gasteiger partial charge on any atom is -0.489 e. The molecule has 0 spiro atoms. The fourth-order valence-corrected chi connectivity index (χ4v) is 7.65. The number of carboxylic acids is 2. The van der Waals surface area contributed by atoms with Gasteiger partial charge in [-0.05, 0) is 85.0 Å². The molecule has 4 atom stereocenters. The van der Waals surface area contributed by atoms with E-state index in [1.165, 1.54) is 0 Å². The Morgan fingerprint density at radius 1 is 0.440 bits per heavy atom. The Labute approximate surface area is 441 Å². The molecule has 4 rings (SSSR count). The smallest absolute Gasteiger partial charge is 0.303 e. The third-order valence-corrected chi connectivity index (χ3v) is 11.8. The number of thiol groups is 1. The van der Waals surface area contributed by atoms with Gasteiger partial charge in [0.1, 0.15) is 48.9 Å². The van der Waals surface area contributed by atoms with E-state index in [1.54, 1.807) is 48.5 Å². The molecular weight excluding hydrogens is 987 g/mol. The highest BCUT2D eigenvalue weighted by molar-refractivity contribution is 7.80. The summed E-state index contributed by atoms with van der Waals surface area (Å²) < 4.78 is 11.8. The van der Waals surface area contributed by atoms with E-state index in [0.717, 1.165) is 11.1 Å². The summed E-state index contributed by atoms with van der Waals surface area (Å²) >= 11 is 4.16. The number of rotatable bonds is 36. The van der Waals surface area contributed by atoms with Crippen molar-refractivity contribution in [1.29, 1.82) is 0 Å². The number of aliphatic carboxylic acids is 2. The number of unbranched alkanes of at least 4 members (excludes halogenated alkanes) is 2. The quantitative estimate of drug-likeness (QED) is 0.0176. The Kier molecular flexibility index (Phi) is 27.3. The molecule has 0 saturated heterocycles. The normalized spacial score (nSPS) is 12.4. The number of ether oxygens (including phenoxy) is 2. The lowest BCUT2D eigenvalue weighted by atomic mass is 10.0. The van der Waals surface area contributed by atoms with E-state index in [-0.39, 0.29) is 64.6 Å². The Morgan fingerprint density at radius 3 is 1.28 bits per heavy atom. The lowest BCUT2D eigenvalue weighted by Gasteiger charge is -2.26. The van der Waals surface area contributed by atoms with Gasteiger partial charge in [-0.2, -0.15) is 12.6 Å². The molecule has 0 saturated carbocycles. The van der Waals surface area contributed by atoms with Crippen molar-refractivity contribution in [2.45, 2.75) is 114 Å². The van der Waals surface area contributed by atoms with Gasteiger partial charge in [0.15, 0.2) is 0 Å². The number of carboxylic acid groups (broad SMARTS) is 2. The molecule has 4 aromatic rings. The summed E-state index contributed by atoms with van der Waals surface area (Å²) in [4.78, 5) is 104. The van der Waals surface area contributed by atoms with Crippen molar-refractivity contribution < 1.29 is 63.3 Å². The predicted octanol–water partition coefficient (Wildman–Crippen LogP) is 3.78. The topological polar surface area (TPSA) is 300 Å². The van der Waals surface area contributed by atoms with E-state index in [9.17, 15) is 43.5 Å². The molecule has 0 unspecified atom stereocenters. The van der Waals surface area contributed by atoms with Crippen molar-refractivity contribution in [3.8, 4) is 11.5 Å². The average molecular weight is 1060 g/mol. The minimum atomic E-state index is -1.28. The van der Waals surface area contributed by atoms with Gasteiger partial charge in [-0.3, -0.25) is 38.4 Å². The molecule has 0 aliphatic carbocycles. The van der Waals surface area contributed by atoms with Crippen LogP contribution < -0.4 is 46.9 Å². The molecule has 0 bridgehead atoms. The fraction of sp³-hybridized carbons (Fsp3) is 0.407. The van der Waals surface area contributed by atoms with Crippen molar-refractivity contribution >= 4 is 60.0 Å². The van der Waals surface area contributed by atoms with Crippen molar-refractivity contribution in [2.75, 3.05) is 25.4 Å². The largest absolute Gasteiger partial charge is 0.489 e. The van der Waals surface area contributed by atoms with Gasteiger partial charge in [0.2, 0.25) is 35.4 Å². The van der Waals surface area contributed by atoms with Gasteiger partial charge in [-0.25, -0.2) is 5.48 Å². The van der Waals surface area contributed by atoms with Gasteiger partial charge in [0.05, 0.1) is 12.8 Å². The first-order chi connectivity index (χ1) is 36.2. The van der Waals surface area contributed by atoms with Gasteiger partial charge in [0, 0.05) is 51.1 Å². The first kappa shape index (κ1) is 60.1. The van der Waals surface area contributed by atoms with Gasteiger partial charge < -0.3 is 56.8 Å². The molecule has 20 nitrogen and oxygen atoms in total. The van der Waals surface area contributed by atoms with Crippen LogP contribution in [0, 0.1) is 0 Å². The first-order valence-electron chi connectivity index (χ1n) is 24.9. The van der Waals surface area contributed by atoms with Crippen molar-refractivity contribution in [2.24, 2.45) is 0 Å². The number of carbonyl (C=O) groups excluding carboxylic acids is 6. The molecule has 4 aromatic carbocycles. The number of carbonyl (C=O) groups is 8. The molecule has 0 heterocycles. The van der Waals surface area contributed by atoms with Crippen LogP contribution in [0.2, 0.25) is 0 Å². The SMILES string of the molecule is O=C(O)CCC(=O)N[C@@H](Cc1ccc(OCc2ccccc2)cc1)C(=O)NCCCC[C@H](NC(=O)[C@H](Cc1ccc(OCc2ccccc2)cc1)NC(=O)CCC(=O)O)C(=O)N[C@@H](CCCCNO)C(=O)NCCS. The number of hydrogen-bond acceptors (Lipinski definition) is 13. The van der Waals surface area contributed by atoms with Gasteiger partial charge in [-0.1, -0.05) is 84.9 Å². The Hall–Kier alpha value is -7.49. The second-order valence-electron chi connectivity index (χ2n) is 17.6. The lowest BCUT2D eigenvalue weighted by molar-refractivity contribution is -0.139. The van der Waals surface area contributed by atoms with Crippen molar-refractivity contribution in [3.05, 3.63) is 131 Å². The fourth-order valence-electron chi connectivity index (χ4n) is 7.53. The minimum absolute atomic E-state index is 0.00592. The summed E-state index contributed by atoms with van der Waals surface area (Å²) in [7, 11) is 0. The van der Waals surface area contributed by atoms with E-state index >= 15 is 0 Å². The molecule has 75 heavy (non-hydrogen) atoms. The predicted molar refractivity (Wildman–Crippen MR) is 281 cm³/mol. The molecule has 21 heteroatoms. The zero-order valence-electron chi connectivity index (χ0n) is 41.8. The van der Waals surface area contributed by atoms with E-state index in [1.807, 2.05) is 60.7 Å². The number of benzene rings is 4. The summed E-state index contributed by atoms with van der Waals surface area (Å²) in [5.41, 5.74) is 5.29. The van der Waals surface area contributed by atoms with Crippen LogP contribution in [0.4, 0.5) is 0 Å². The number of amides is 6. The highest BCUT2D eigenvalue weighted by atomic mass is 32.1. The molecule has 404 valence electrons. The van der Waals surface area contributed by atoms with E-state index < -0.39 is 90.8 Å². The van der Waals surface area contributed by atoms with E-state index in [0.29, 0.717) is 54.4 Å². The molecule has 0 radical (unpaired) electrons. The maximum Gasteiger partial charge on any atom is 0.303 e. The molecular formula is C54H69N7O13S. The maximum atomic E-state index is 14.3. The third kappa shape index (κ3) is 24.4. The van der Waals surface area contributed by atoms with Crippen LogP contribution in [-0.4, -0.2) is 112 Å². The van der Waals surface area contributed by atoms with Crippen LogP contribution in [0.3, 0.4) is 0 Å². The van der Waals surface area contributed by atoms with Crippen LogP contribution in [0.15, 0.2) is 109 Å². The van der Waals surface area contributed by atoms with Crippen LogP contribution >= 0.6 is 12.6 Å². The zero-order valence-corrected chi connectivity index (χ0v) is 42.7. The van der Waals surface area contributed by atoms with Gasteiger partial charge >= 0.3 is 11.9 Å². The summed E-state index contributed by atoms with van der Waals surface area (Å²) in [6.07, 6.45) is -0.0892. The van der Waals surface area contributed by atoms with Crippen molar-refractivity contribution in [1.82, 2.24) is 37.4 Å². The molecule has 10 N–H and O–H groups in total. The Balaban J connectivity index is 1.49. The summed E-state index contributed by atoms with van der Waals surface area (Å²) in [5.74, 6) is -4.77. The van der Waals surface area contributed by atoms with E-state index in [2.05, 4.69) is 50.0 Å². The third-order valence-electron chi connectivity index (χ3n) is 11.6. The number of hydroxylamine groups is 1. The molecule has 0 aliphatic rings. The van der Waals surface area contributed by atoms with Crippen LogP contribution in [0.1, 0.15) is 86.5 Å². The molecule has 0 fully saturated rings. The van der Waals surface area contributed by atoms with Gasteiger partial charge in [0.25, 0.3) is 0 Å². The molecule has 6 amide bonds.